The molecule has 0 aliphatic heterocycles. The summed E-state index contributed by atoms with van der Waals surface area (Å²) >= 11 is 6.03. The van der Waals surface area contributed by atoms with Gasteiger partial charge in [-0.05, 0) is 48.9 Å². The van der Waals surface area contributed by atoms with E-state index in [0.29, 0.717) is 22.2 Å². The summed E-state index contributed by atoms with van der Waals surface area (Å²) in [5.74, 6) is -0.654. The highest BCUT2D eigenvalue weighted by atomic mass is 35.5. The van der Waals surface area contributed by atoms with Gasteiger partial charge in [-0.1, -0.05) is 29.8 Å². The lowest BCUT2D eigenvalue weighted by Crippen LogP contribution is -2.19. The van der Waals surface area contributed by atoms with Crippen LogP contribution >= 0.6 is 11.6 Å². The number of rotatable bonds is 5. The van der Waals surface area contributed by atoms with Crippen molar-refractivity contribution in [3.8, 4) is 5.69 Å². The van der Waals surface area contributed by atoms with Gasteiger partial charge in [0.1, 0.15) is 17.3 Å². The number of nitrogens with zero attached hydrogens (tertiary/aromatic N) is 3. The summed E-state index contributed by atoms with van der Waals surface area (Å²) in [4.78, 5) is 28.9. The molecule has 2 aromatic heterocycles. The molecule has 4 rings (SSSR count). The number of pyridine rings is 1. The SMILES string of the molecule is Cc1ccc(NC(=O)c2ccc(F)c(-n3cc(NC(=O)Nc4ccccc4Cl)cn3)c2)nc1. The third-order valence-corrected chi connectivity index (χ3v) is 4.90. The first-order valence-electron chi connectivity index (χ1n) is 9.80. The van der Waals surface area contributed by atoms with Gasteiger partial charge in [0.2, 0.25) is 0 Å². The summed E-state index contributed by atoms with van der Waals surface area (Å²) in [6.45, 7) is 1.89. The van der Waals surface area contributed by atoms with Crippen LogP contribution in [0.4, 0.5) is 26.4 Å². The monoisotopic (exact) mass is 464 g/mol. The van der Waals surface area contributed by atoms with Gasteiger partial charge in [-0.3, -0.25) is 4.79 Å². The lowest BCUT2D eigenvalue weighted by molar-refractivity contribution is 0.102. The zero-order valence-corrected chi connectivity index (χ0v) is 18.1. The number of carbonyl (C=O) groups is 2. The number of aromatic nitrogens is 3. The molecule has 0 radical (unpaired) electrons. The molecule has 0 spiro atoms. The van der Waals surface area contributed by atoms with E-state index >= 15 is 0 Å². The first-order chi connectivity index (χ1) is 15.9. The molecule has 0 aliphatic carbocycles. The molecule has 2 heterocycles. The number of amides is 3. The number of benzene rings is 2. The molecule has 3 N–H and O–H groups in total. The van der Waals surface area contributed by atoms with E-state index in [1.54, 1.807) is 36.5 Å². The molecule has 3 amide bonds. The highest BCUT2D eigenvalue weighted by Crippen LogP contribution is 2.21. The number of carbonyl (C=O) groups excluding carboxylic acids is 2. The Morgan fingerprint density at radius 3 is 2.58 bits per heavy atom. The number of nitrogens with one attached hydrogen (secondary N) is 3. The smallest absolute Gasteiger partial charge is 0.307 e. The van der Waals surface area contributed by atoms with Crippen LogP contribution in [0.5, 0.6) is 0 Å². The van der Waals surface area contributed by atoms with Crippen LogP contribution in [-0.2, 0) is 0 Å². The van der Waals surface area contributed by atoms with E-state index in [2.05, 4.69) is 26.0 Å². The van der Waals surface area contributed by atoms with Crippen molar-refractivity contribution in [2.45, 2.75) is 6.92 Å². The van der Waals surface area contributed by atoms with E-state index < -0.39 is 17.8 Å². The van der Waals surface area contributed by atoms with Gasteiger partial charge in [-0.15, -0.1) is 0 Å². The first kappa shape index (κ1) is 22.0. The minimum absolute atomic E-state index is 0.0408. The number of halogens is 2. The summed E-state index contributed by atoms with van der Waals surface area (Å²) < 4.78 is 15.7. The average molecular weight is 465 g/mol. The Morgan fingerprint density at radius 2 is 1.82 bits per heavy atom. The predicted octanol–water partition coefficient (Wildman–Crippen LogP) is 5.26. The molecule has 0 aliphatic rings. The standard InChI is InChI=1S/C23H18ClFN6O2/c1-14-6-9-21(26-11-14)30-22(32)15-7-8-18(25)20(10-15)31-13-16(12-27-31)28-23(33)29-19-5-3-2-4-17(19)24/h2-13H,1H3,(H,26,30,32)(H2,28,29,33). The summed E-state index contributed by atoms with van der Waals surface area (Å²) in [7, 11) is 0. The molecular formula is C23H18ClFN6O2. The van der Waals surface area contributed by atoms with Crippen molar-refractivity contribution in [2.24, 2.45) is 0 Å². The number of para-hydroxylation sites is 1. The maximum absolute atomic E-state index is 14.5. The molecular weight excluding hydrogens is 447 g/mol. The summed E-state index contributed by atoms with van der Waals surface area (Å²) in [5, 5.41) is 12.4. The molecule has 0 bridgehead atoms. The third kappa shape index (κ3) is 5.34. The molecule has 2 aromatic carbocycles. The van der Waals surface area contributed by atoms with Gasteiger partial charge in [0.05, 0.1) is 28.8 Å². The number of hydrogen-bond donors (Lipinski definition) is 3. The van der Waals surface area contributed by atoms with E-state index in [9.17, 15) is 14.0 Å². The summed E-state index contributed by atoms with van der Waals surface area (Å²) in [6, 6.07) is 13.6. The van der Waals surface area contributed by atoms with Crippen molar-refractivity contribution in [3.05, 3.63) is 95.2 Å². The van der Waals surface area contributed by atoms with Crippen LogP contribution in [0, 0.1) is 12.7 Å². The lowest BCUT2D eigenvalue weighted by atomic mass is 10.1. The average Bonchev–Trinajstić information content (AvgIpc) is 3.25. The maximum Gasteiger partial charge on any atom is 0.323 e. The molecule has 0 fully saturated rings. The molecule has 8 nitrogen and oxygen atoms in total. The van der Waals surface area contributed by atoms with Crippen molar-refractivity contribution in [3.63, 3.8) is 0 Å². The van der Waals surface area contributed by atoms with Gasteiger partial charge >= 0.3 is 6.03 Å². The van der Waals surface area contributed by atoms with Crippen molar-refractivity contribution in [2.75, 3.05) is 16.0 Å². The van der Waals surface area contributed by atoms with Crippen molar-refractivity contribution < 1.29 is 14.0 Å². The Bertz CT molecular complexity index is 1320. The second kappa shape index (κ2) is 9.49. The Kier molecular flexibility index (Phi) is 6.32. The Morgan fingerprint density at radius 1 is 1.00 bits per heavy atom. The second-order valence-corrected chi connectivity index (χ2v) is 7.48. The first-order valence-corrected chi connectivity index (χ1v) is 10.2. The zero-order valence-electron chi connectivity index (χ0n) is 17.3. The quantitative estimate of drug-likeness (QED) is 0.374. The fourth-order valence-electron chi connectivity index (χ4n) is 2.93. The van der Waals surface area contributed by atoms with Crippen LogP contribution in [0.15, 0.2) is 73.2 Å². The van der Waals surface area contributed by atoms with E-state index in [0.717, 1.165) is 5.56 Å². The predicted molar refractivity (Wildman–Crippen MR) is 125 cm³/mol. The minimum Gasteiger partial charge on any atom is -0.307 e. The Hall–Kier alpha value is -4.24. The van der Waals surface area contributed by atoms with E-state index in [4.69, 9.17) is 11.6 Å². The normalized spacial score (nSPS) is 10.5. The van der Waals surface area contributed by atoms with Gasteiger partial charge in [-0.25, -0.2) is 18.9 Å². The van der Waals surface area contributed by atoms with Crippen molar-refractivity contribution >= 4 is 40.7 Å². The van der Waals surface area contributed by atoms with E-state index in [1.807, 2.05) is 13.0 Å². The highest BCUT2D eigenvalue weighted by molar-refractivity contribution is 6.33. The topological polar surface area (TPSA) is 101 Å². The van der Waals surface area contributed by atoms with E-state index in [1.165, 1.54) is 35.3 Å². The molecule has 33 heavy (non-hydrogen) atoms. The third-order valence-electron chi connectivity index (χ3n) is 4.57. The van der Waals surface area contributed by atoms with Crippen molar-refractivity contribution in [1.82, 2.24) is 14.8 Å². The Balaban J connectivity index is 1.48. The molecule has 10 heteroatoms. The molecule has 0 saturated heterocycles. The lowest BCUT2D eigenvalue weighted by Gasteiger charge is -2.08. The van der Waals surface area contributed by atoms with Gasteiger partial charge in [-0.2, -0.15) is 5.10 Å². The van der Waals surface area contributed by atoms with E-state index in [-0.39, 0.29) is 11.3 Å². The van der Waals surface area contributed by atoms with Crippen molar-refractivity contribution in [1.29, 1.82) is 0 Å². The maximum atomic E-state index is 14.5. The van der Waals surface area contributed by atoms with Crippen LogP contribution < -0.4 is 16.0 Å². The largest absolute Gasteiger partial charge is 0.323 e. The van der Waals surface area contributed by atoms with Gasteiger partial charge in [0.15, 0.2) is 0 Å². The fraction of sp³-hybridized carbons (Fsp3) is 0.0435. The zero-order chi connectivity index (χ0) is 23.4. The molecule has 0 saturated carbocycles. The number of anilines is 3. The van der Waals surface area contributed by atoms with Crippen LogP contribution in [0.3, 0.4) is 0 Å². The number of aryl methyl sites for hydroxylation is 1. The molecule has 4 aromatic rings. The Labute approximate surface area is 193 Å². The summed E-state index contributed by atoms with van der Waals surface area (Å²) in [5.41, 5.74) is 1.98. The molecule has 0 unspecified atom stereocenters. The fourth-order valence-corrected chi connectivity index (χ4v) is 3.11. The number of urea groups is 1. The van der Waals surface area contributed by atoms with Crippen LogP contribution in [-0.4, -0.2) is 26.7 Å². The molecule has 0 atom stereocenters. The van der Waals surface area contributed by atoms with Gasteiger partial charge < -0.3 is 16.0 Å². The van der Waals surface area contributed by atoms with Crippen LogP contribution in [0.25, 0.3) is 5.69 Å². The minimum atomic E-state index is -0.588. The van der Waals surface area contributed by atoms with Crippen LogP contribution in [0.1, 0.15) is 15.9 Å². The summed E-state index contributed by atoms with van der Waals surface area (Å²) in [6.07, 6.45) is 4.41. The highest BCUT2D eigenvalue weighted by Gasteiger charge is 2.14. The van der Waals surface area contributed by atoms with Crippen LogP contribution in [0.2, 0.25) is 5.02 Å². The van der Waals surface area contributed by atoms with Gasteiger partial charge in [0.25, 0.3) is 5.91 Å². The van der Waals surface area contributed by atoms with Gasteiger partial charge in [0, 0.05) is 11.8 Å². The molecule has 166 valence electrons. The number of hydrogen-bond acceptors (Lipinski definition) is 4. The second-order valence-electron chi connectivity index (χ2n) is 7.07.